The number of nitrogens with two attached hydrogens (primary N) is 1. The zero-order valence-electron chi connectivity index (χ0n) is 11.5. The molecule has 1 aliphatic rings. The van der Waals surface area contributed by atoms with E-state index in [1.807, 2.05) is 0 Å². The fraction of sp³-hybridized carbons (Fsp3) is 0.538. The fourth-order valence-corrected chi connectivity index (χ4v) is 4.42. The van der Waals surface area contributed by atoms with Crippen LogP contribution in [0.2, 0.25) is 0 Å². The average molecular weight is 322 g/mol. The van der Waals surface area contributed by atoms with Crippen LogP contribution in [0.25, 0.3) is 0 Å². The smallest absolute Gasteiger partial charge is 0.246 e. The standard InChI is InChI=1S/C13H17F3N2O2S/c1-8(17)10-4-2-3-7-18(10)21(19,20)11-6-5-9(14)12(15)13(11)16/h5-6,8,10H,2-4,7,17H2,1H3. The first-order valence-corrected chi connectivity index (χ1v) is 8.11. The molecule has 0 saturated carbocycles. The summed E-state index contributed by atoms with van der Waals surface area (Å²) in [6, 6.07) is 0.441. The predicted octanol–water partition coefficient (Wildman–Crippen LogP) is 1.99. The van der Waals surface area contributed by atoms with Crippen LogP contribution in [-0.4, -0.2) is 31.4 Å². The Balaban J connectivity index is 2.48. The van der Waals surface area contributed by atoms with Gasteiger partial charge in [0.1, 0.15) is 4.90 Å². The maximum absolute atomic E-state index is 13.8. The molecule has 2 unspecified atom stereocenters. The highest BCUT2D eigenvalue weighted by atomic mass is 32.2. The van der Waals surface area contributed by atoms with Gasteiger partial charge in [-0.15, -0.1) is 0 Å². The molecule has 8 heteroatoms. The van der Waals surface area contributed by atoms with Crippen LogP contribution in [0, 0.1) is 17.5 Å². The van der Waals surface area contributed by atoms with Crippen molar-refractivity contribution in [2.75, 3.05) is 6.54 Å². The largest absolute Gasteiger partial charge is 0.326 e. The highest BCUT2D eigenvalue weighted by molar-refractivity contribution is 7.89. The van der Waals surface area contributed by atoms with Crippen molar-refractivity contribution >= 4 is 10.0 Å². The minimum atomic E-state index is -4.25. The molecule has 0 aromatic heterocycles. The van der Waals surface area contributed by atoms with Crippen molar-refractivity contribution < 1.29 is 21.6 Å². The number of rotatable bonds is 3. The molecule has 0 spiro atoms. The van der Waals surface area contributed by atoms with Crippen molar-refractivity contribution in [3.05, 3.63) is 29.6 Å². The van der Waals surface area contributed by atoms with Crippen molar-refractivity contribution in [3.63, 3.8) is 0 Å². The molecule has 2 rings (SSSR count). The van der Waals surface area contributed by atoms with E-state index < -0.39 is 44.5 Å². The third-order valence-corrected chi connectivity index (χ3v) is 5.63. The van der Waals surface area contributed by atoms with Gasteiger partial charge in [0, 0.05) is 18.6 Å². The summed E-state index contributed by atoms with van der Waals surface area (Å²) in [5, 5.41) is 0. The summed E-state index contributed by atoms with van der Waals surface area (Å²) in [6.07, 6.45) is 1.99. The summed E-state index contributed by atoms with van der Waals surface area (Å²) in [6.45, 7) is 1.85. The number of hydrogen-bond donors (Lipinski definition) is 1. The van der Waals surface area contributed by atoms with Crippen LogP contribution in [0.5, 0.6) is 0 Å². The van der Waals surface area contributed by atoms with Crippen molar-refractivity contribution in [3.8, 4) is 0 Å². The van der Waals surface area contributed by atoms with E-state index in [9.17, 15) is 21.6 Å². The van der Waals surface area contributed by atoms with Crippen molar-refractivity contribution in [2.45, 2.75) is 43.2 Å². The molecule has 1 fully saturated rings. The Kier molecular flexibility index (Phi) is 4.60. The van der Waals surface area contributed by atoms with Crippen LogP contribution >= 0.6 is 0 Å². The van der Waals surface area contributed by atoms with Crippen LogP contribution in [0.4, 0.5) is 13.2 Å². The van der Waals surface area contributed by atoms with E-state index in [0.29, 0.717) is 18.9 Å². The lowest BCUT2D eigenvalue weighted by molar-refractivity contribution is 0.226. The SMILES string of the molecule is CC(N)C1CCCCN1S(=O)(=O)c1ccc(F)c(F)c1F. The predicted molar refractivity (Wildman–Crippen MR) is 71.5 cm³/mol. The molecule has 1 aromatic carbocycles. The van der Waals surface area contributed by atoms with Crippen LogP contribution in [0.3, 0.4) is 0 Å². The van der Waals surface area contributed by atoms with Crippen LogP contribution in [0.15, 0.2) is 17.0 Å². The first-order valence-electron chi connectivity index (χ1n) is 6.67. The van der Waals surface area contributed by atoms with E-state index in [0.717, 1.165) is 16.8 Å². The number of hydrogen-bond acceptors (Lipinski definition) is 3. The van der Waals surface area contributed by atoms with Crippen LogP contribution < -0.4 is 5.73 Å². The molecule has 0 radical (unpaired) electrons. The number of benzene rings is 1. The third kappa shape index (κ3) is 2.93. The number of sulfonamides is 1. The molecule has 0 bridgehead atoms. The van der Waals surface area contributed by atoms with Gasteiger partial charge in [-0.3, -0.25) is 0 Å². The lowest BCUT2D eigenvalue weighted by Gasteiger charge is -2.36. The van der Waals surface area contributed by atoms with E-state index in [1.165, 1.54) is 0 Å². The fourth-order valence-electron chi connectivity index (χ4n) is 2.59. The van der Waals surface area contributed by atoms with Gasteiger partial charge in [-0.1, -0.05) is 6.42 Å². The van der Waals surface area contributed by atoms with Gasteiger partial charge in [0.05, 0.1) is 0 Å². The summed E-state index contributed by atoms with van der Waals surface area (Å²) >= 11 is 0. The van der Waals surface area contributed by atoms with Gasteiger partial charge in [-0.2, -0.15) is 4.31 Å². The molecule has 0 aliphatic carbocycles. The van der Waals surface area contributed by atoms with E-state index in [1.54, 1.807) is 6.92 Å². The Morgan fingerprint density at radius 2 is 1.90 bits per heavy atom. The zero-order valence-corrected chi connectivity index (χ0v) is 12.3. The maximum Gasteiger partial charge on any atom is 0.246 e. The van der Waals surface area contributed by atoms with Crippen molar-refractivity contribution in [1.82, 2.24) is 4.31 Å². The van der Waals surface area contributed by atoms with Gasteiger partial charge in [0.15, 0.2) is 17.5 Å². The second kappa shape index (κ2) is 5.94. The molecule has 2 N–H and O–H groups in total. The van der Waals surface area contributed by atoms with Crippen LogP contribution in [-0.2, 0) is 10.0 Å². The molecule has 1 saturated heterocycles. The molecule has 118 valence electrons. The summed E-state index contributed by atoms with van der Waals surface area (Å²) in [5.74, 6) is -4.90. The van der Waals surface area contributed by atoms with Gasteiger partial charge < -0.3 is 5.73 Å². The van der Waals surface area contributed by atoms with E-state index in [4.69, 9.17) is 5.73 Å². The third-order valence-electron chi connectivity index (χ3n) is 3.69. The van der Waals surface area contributed by atoms with Crippen LogP contribution in [0.1, 0.15) is 26.2 Å². The van der Waals surface area contributed by atoms with Gasteiger partial charge in [0.2, 0.25) is 10.0 Å². The molecule has 2 atom stereocenters. The Morgan fingerprint density at radius 1 is 1.24 bits per heavy atom. The highest BCUT2D eigenvalue weighted by Crippen LogP contribution is 2.29. The average Bonchev–Trinajstić information content (AvgIpc) is 2.44. The number of halogens is 3. The molecule has 1 aromatic rings. The number of piperidine rings is 1. The van der Waals surface area contributed by atoms with Crippen molar-refractivity contribution in [1.29, 1.82) is 0 Å². The van der Waals surface area contributed by atoms with E-state index in [2.05, 4.69) is 0 Å². The molecule has 1 heterocycles. The Labute approximate surface area is 121 Å². The summed E-state index contributed by atoms with van der Waals surface area (Å²) in [4.78, 5) is -0.853. The van der Waals surface area contributed by atoms with E-state index in [-0.39, 0.29) is 6.54 Å². The molecular weight excluding hydrogens is 305 g/mol. The molecule has 4 nitrogen and oxygen atoms in total. The Morgan fingerprint density at radius 3 is 2.52 bits per heavy atom. The summed E-state index contributed by atoms with van der Waals surface area (Å²) in [5.41, 5.74) is 5.79. The van der Waals surface area contributed by atoms with Gasteiger partial charge in [-0.25, -0.2) is 21.6 Å². The van der Waals surface area contributed by atoms with Gasteiger partial charge >= 0.3 is 0 Å². The number of nitrogens with zero attached hydrogens (tertiary/aromatic N) is 1. The molecular formula is C13H17F3N2O2S. The van der Waals surface area contributed by atoms with Gasteiger partial charge in [-0.05, 0) is 31.9 Å². The Bertz CT molecular complexity index is 635. The minimum absolute atomic E-state index is 0.187. The topological polar surface area (TPSA) is 63.4 Å². The first kappa shape index (κ1) is 16.3. The monoisotopic (exact) mass is 322 g/mol. The summed E-state index contributed by atoms with van der Waals surface area (Å²) in [7, 11) is -4.25. The lowest BCUT2D eigenvalue weighted by atomic mass is 10.00. The Hall–Kier alpha value is -1.12. The maximum atomic E-state index is 13.8. The highest BCUT2D eigenvalue weighted by Gasteiger charge is 2.37. The second-order valence-corrected chi connectivity index (χ2v) is 7.07. The normalized spacial score (nSPS) is 22.2. The molecule has 0 amide bonds. The summed E-state index contributed by atoms with van der Waals surface area (Å²) < 4.78 is 66.2. The minimum Gasteiger partial charge on any atom is -0.326 e. The van der Waals surface area contributed by atoms with E-state index >= 15 is 0 Å². The molecule has 1 aliphatic heterocycles. The van der Waals surface area contributed by atoms with Gasteiger partial charge in [0.25, 0.3) is 0 Å². The second-order valence-electron chi connectivity index (χ2n) is 5.21. The molecule has 21 heavy (non-hydrogen) atoms. The lowest BCUT2D eigenvalue weighted by Crippen LogP contribution is -2.51. The van der Waals surface area contributed by atoms with Crippen molar-refractivity contribution in [2.24, 2.45) is 5.73 Å². The first-order chi connectivity index (χ1) is 9.76. The quantitative estimate of drug-likeness (QED) is 0.866. The zero-order chi connectivity index (χ0) is 15.8.